The summed E-state index contributed by atoms with van der Waals surface area (Å²) in [6.45, 7) is 1.76. The number of hydrogen-bond donors (Lipinski definition) is 2. The number of benzene rings is 2. The summed E-state index contributed by atoms with van der Waals surface area (Å²) in [6, 6.07) is 15.6. The predicted molar refractivity (Wildman–Crippen MR) is 102 cm³/mol. The first-order valence-corrected chi connectivity index (χ1v) is 8.90. The number of nitrogens with one attached hydrogen (secondary N) is 2. The molecule has 2 aromatic carbocycles. The summed E-state index contributed by atoms with van der Waals surface area (Å²) in [5.74, 6) is 1.41. The lowest BCUT2D eigenvalue weighted by atomic mass is 9.97. The van der Waals surface area contributed by atoms with Gasteiger partial charge in [-0.05, 0) is 62.3 Å². The molecule has 134 valence electrons. The summed E-state index contributed by atoms with van der Waals surface area (Å²) in [5.41, 5.74) is 2.74. The predicted octanol–water partition coefficient (Wildman–Crippen LogP) is 2.97. The number of rotatable bonds is 4. The van der Waals surface area contributed by atoms with Gasteiger partial charge in [0.05, 0.1) is 18.1 Å². The molecule has 3 aromatic rings. The van der Waals surface area contributed by atoms with Gasteiger partial charge in [-0.1, -0.05) is 12.1 Å². The van der Waals surface area contributed by atoms with Crippen molar-refractivity contribution in [3.63, 3.8) is 0 Å². The highest BCUT2D eigenvalue weighted by Gasteiger charge is 2.23. The molecule has 0 unspecified atom stereocenters. The Bertz CT molecular complexity index is 911. The topological polar surface area (TPSA) is 68.2 Å². The molecule has 1 aliphatic rings. The van der Waals surface area contributed by atoms with Gasteiger partial charge in [-0.25, -0.2) is 4.98 Å². The van der Waals surface area contributed by atoms with E-state index in [1.807, 2.05) is 53.1 Å². The van der Waals surface area contributed by atoms with E-state index in [1.54, 1.807) is 7.11 Å². The van der Waals surface area contributed by atoms with Crippen LogP contribution >= 0.6 is 0 Å². The average Bonchev–Trinajstić information content (AvgIpc) is 3.06. The smallest absolute Gasteiger partial charge is 0.229 e. The SMILES string of the molecule is COc1ccc(-n2c(NC(=O)C3CCNCC3)nc3ccccc32)cc1. The molecule has 1 fully saturated rings. The maximum atomic E-state index is 12.7. The highest BCUT2D eigenvalue weighted by molar-refractivity contribution is 5.94. The number of para-hydroxylation sites is 2. The van der Waals surface area contributed by atoms with Crippen LogP contribution in [0.4, 0.5) is 5.95 Å². The van der Waals surface area contributed by atoms with Crippen LogP contribution in [0, 0.1) is 5.92 Å². The fraction of sp³-hybridized carbons (Fsp3) is 0.300. The van der Waals surface area contributed by atoms with Crippen LogP contribution in [0.5, 0.6) is 5.75 Å². The fourth-order valence-corrected chi connectivity index (χ4v) is 3.40. The molecule has 0 atom stereocenters. The van der Waals surface area contributed by atoms with Crippen LogP contribution in [0.1, 0.15) is 12.8 Å². The van der Waals surface area contributed by atoms with Crippen molar-refractivity contribution >= 4 is 22.9 Å². The van der Waals surface area contributed by atoms with Gasteiger partial charge in [0.25, 0.3) is 0 Å². The molecule has 1 aliphatic heterocycles. The fourth-order valence-electron chi connectivity index (χ4n) is 3.40. The minimum atomic E-state index is 0.0281. The van der Waals surface area contributed by atoms with E-state index < -0.39 is 0 Å². The summed E-state index contributed by atoms with van der Waals surface area (Å²) >= 11 is 0. The molecule has 0 aliphatic carbocycles. The molecular formula is C20H22N4O2. The van der Waals surface area contributed by atoms with Gasteiger partial charge in [-0.3, -0.25) is 14.7 Å². The van der Waals surface area contributed by atoms with Crippen LogP contribution in [0.3, 0.4) is 0 Å². The molecular weight excluding hydrogens is 328 g/mol. The molecule has 6 heteroatoms. The molecule has 1 saturated heterocycles. The molecule has 1 amide bonds. The van der Waals surface area contributed by atoms with E-state index >= 15 is 0 Å². The van der Waals surface area contributed by atoms with Crippen LogP contribution in [0.2, 0.25) is 0 Å². The number of ether oxygens (including phenoxy) is 1. The molecule has 0 spiro atoms. The van der Waals surface area contributed by atoms with Crippen LogP contribution in [-0.4, -0.2) is 35.7 Å². The number of methoxy groups -OCH3 is 1. The van der Waals surface area contributed by atoms with E-state index in [1.165, 1.54) is 0 Å². The summed E-state index contributed by atoms with van der Waals surface area (Å²) in [4.78, 5) is 17.4. The number of fused-ring (bicyclic) bond motifs is 1. The first-order valence-electron chi connectivity index (χ1n) is 8.90. The first kappa shape index (κ1) is 16.6. The van der Waals surface area contributed by atoms with Crippen molar-refractivity contribution in [3.8, 4) is 11.4 Å². The van der Waals surface area contributed by atoms with Gasteiger partial charge in [0, 0.05) is 11.6 Å². The summed E-state index contributed by atoms with van der Waals surface area (Å²) in [7, 11) is 1.65. The van der Waals surface area contributed by atoms with Gasteiger partial charge in [-0.15, -0.1) is 0 Å². The molecule has 2 N–H and O–H groups in total. The van der Waals surface area contributed by atoms with Crippen molar-refractivity contribution in [3.05, 3.63) is 48.5 Å². The minimum absolute atomic E-state index is 0.0281. The third kappa shape index (κ3) is 3.15. The van der Waals surface area contributed by atoms with E-state index in [0.717, 1.165) is 48.4 Å². The largest absolute Gasteiger partial charge is 0.497 e. The minimum Gasteiger partial charge on any atom is -0.497 e. The maximum Gasteiger partial charge on any atom is 0.229 e. The highest BCUT2D eigenvalue weighted by Crippen LogP contribution is 2.27. The second kappa shape index (κ2) is 7.17. The molecule has 4 rings (SSSR count). The van der Waals surface area contributed by atoms with Crippen molar-refractivity contribution in [1.82, 2.24) is 14.9 Å². The number of hydrogen-bond acceptors (Lipinski definition) is 4. The van der Waals surface area contributed by atoms with E-state index in [9.17, 15) is 4.79 Å². The second-order valence-electron chi connectivity index (χ2n) is 6.47. The van der Waals surface area contributed by atoms with Crippen LogP contribution in [0.15, 0.2) is 48.5 Å². The van der Waals surface area contributed by atoms with Crippen molar-refractivity contribution in [2.45, 2.75) is 12.8 Å². The monoisotopic (exact) mass is 350 g/mol. The lowest BCUT2D eigenvalue weighted by molar-refractivity contribution is -0.120. The van der Waals surface area contributed by atoms with Crippen molar-refractivity contribution < 1.29 is 9.53 Å². The first-order chi connectivity index (χ1) is 12.8. The number of amides is 1. The van der Waals surface area contributed by atoms with Gasteiger partial charge >= 0.3 is 0 Å². The Balaban J connectivity index is 1.72. The maximum absolute atomic E-state index is 12.7. The molecule has 26 heavy (non-hydrogen) atoms. The number of aromatic nitrogens is 2. The van der Waals surface area contributed by atoms with E-state index in [2.05, 4.69) is 15.6 Å². The Hall–Kier alpha value is -2.86. The number of carbonyl (C=O) groups excluding carboxylic acids is 1. The number of carbonyl (C=O) groups is 1. The van der Waals surface area contributed by atoms with Crippen LogP contribution < -0.4 is 15.4 Å². The van der Waals surface area contributed by atoms with E-state index in [-0.39, 0.29) is 11.8 Å². The zero-order valence-corrected chi connectivity index (χ0v) is 14.7. The van der Waals surface area contributed by atoms with Gasteiger partial charge in [0.1, 0.15) is 5.75 Å². The Morgan fingerprint density at radius 3 is 2.62 bits per heavy atom. The van der Waals surface area contributed by atoms with Crippen molar-refractivity contribution in [1.29, 1.82) is 0 Å². The summed E-state index contributed by atoms with van der Waals surface area (Å²) in [6.07, 6.45) is 1.71. The van der Waals surface area contributed by atoms with Crippen molar-refractivity contribution in [2.24, 2.45) is 5.92 Å². The third-order valence-corrected chi connectivity index (χ3v) is 4.84. The molecule has 0 radical (unpaired) electrons. The van der Waals surface area contributed by atoms with Crippen LogP contribution in [0.25, 0.3) is 16.7 Å². The number of anilines is 1. The molecule has 2 heterocycles. The normalized spacial score (nSPS) is 15.1. The zero-order chi connectivity index (χ0) is 17.9. The van der Waals surface area contributed by atoms with Gasteiger partial charge in [-0.2, -0.15) is 0 Å². The highest BCUT2D eigenvalue weighted by atomic mass is 16.5. The van der Waals surface area contributed by atoms with Gasteiger partial charge in [0.15, 0.2) is 0 Å². The van der Waals surface area contributed by atoms with Crippen LogP contribution in [-0.2, 0) is 4.79 Å². The average molecular weight is 350 g/mol. The van der Waals surface area contributed by atoms with Crippen molar-refractivity contribution in [2.75, 3.05) is 25.5 Å². The number of piperidine rings is 1. The number of nitrogens with zero attached hydrogens (tertiary/aromatic N) is 2. The van der Waals surface area contributed by atoms with E-state index in [0.29, 0.717) is 5.95 Å². The second-order valence-corrected chi connectivity index (χ2v) is 6.47. The lowest BCUT2D eigenvalue weighted by Gasteiger charge is -2.21. The molecule has 0 saturated carbocycles. The Morgan fingerprint density at radius 2 is 1.88 bits per heavy atom. The zero-order valence-electron chi connectivity index (χ0n) is 14.7. The lowest BCUT2D eigenvalue weighted by Crippen LogP contribution is -2.35. The number of imidazole rings is 1. The Kier molecular flexibility index (Phi) is 4.58. The van der Waals surface area contributed by atoms with Gasteiger partial charge < -0.3 is 10.1 Å². The third-order valence-electron chi connectivity index (χ3n) is 4.84. The summed E-state index contributed by atoms with van der Waals surface area (Å²) in [5, 5.41) is 6.34. The molecule has 6 nitrogen and oxygen atoms in total. The molecule has 1 aromatic heterocycles. The Morgan fingerprint density at radius 1 is 1.15 bits per heavy atom. The molecule has 0 bridgehead atoms. The Labute approximate surface area is 152 Å². The summed E-state index contributed by atoms with van der Waals surface area (Å²) < 4.78 is 7.23. The van der Waals surface area contributed by atoms with Gasteiger partial charge in [0.2, 0.25) is 11.9 Å². The standard InChI is InChI=1S/C20H22N4O2/c1-26-16-8-6-15(7-9-16)24-18-5-3-2-4-17(18)22-20(24)23-19(25)14-10-12-21-13-11-14/h2-9,14,21H,10-13H2,1H3,(H,22,23,25). The van der Waals surface area contributed by atoms with E-state index in [4.69, 9.17) is 4.74 Å². The quantitative estimate of drug-likeness (QED) is 0.759.